The maximum atomic E-state index is 10.1. The molecule has 0 N–H and O–H groups in total. The number of ketones is 3. The molecule has 48 valence electrons. The minimum absolute atomic E-state index is 0. The number of hydrogen-bond donors (Lipinski definition) is 0. The Bertz CT molecular complexity index is 134. The molecule has 0 aromatic rings. The van der Waals surface area contributed by atoms with E-state index in [0.717, 1.165) is 13.8 Å². The topological polar surface area (TPSA) is 51.2 Å². The molecule has 0 saturated carbocycles. The number of rotatable bonds is 2. The molecule has 0 fully saturated rings. The Morgan fingerprint density at radius 3 is 1.11 bits per heavy atom. The maximum Gasteiger partial charge on any atom is 0.263 e. The van der Waals surface area contributed by atoms with Gasteiger partial charge >= 0.3 is 0 Å². The fraction of sp³-hybridized carbons (Fsp3) is 0.400. The van der Waals surface area contributed by atoms with Crippen LogP contribution in [-0.2, 0) is 40.6 Å². The molecule has 0 bridgehead atoms. The normalized spacial score (nSPS) is 7.33. The van der Waals surface area contributed by atoms with Crippen LogP contribution in [0.5, 0.6) is 0 Å². The van der Waals surface area contributed by atoms with E-state index in [1.165, 1.54) is 0 Å². The molecule has 0 radical (unpaired) electrons. The van der Waals surface area contributed by atoms with Crippen LogP contribution in [-0.4, -0.2) is 17.3 Å². The average molecular weight is 205 g/mol. The van der Waals surface area contributed by atoms with Gasteiger partial charge in [-0.1, -0.05) is 0 Å². The first-order valence-electron chi connectivity index (χ1n) is 2.11. The van der Waals surface area contributed by atoms with Gasteiger partial charge in [-0.05, 0) is 0 Å². The first-order chi connectivity index (χ1) is 3.55. The third kappa shape index (κ3) is 4.40. The Morgan fingerprint density at radius 2 is 1.11 bits per heavy atom. The van der Waals surface area contributed by atoms with E-state index in [0.29, 0.717) is 0 Å². The average Bonchev–Trinajstić information content (AvgIpc) is 1.64. The predicted octanol–water partition coefficient (Wildman–Crippen LogP) is -0.269. The van der Waals surface area contributed by atoms with Gasteiger partial charge in [0.1, 0.15) is 0 Å². The summed E-state index contributed by atoms with van der Waals surface area (Å²) in [6.07, 6.45) is 0. The second-order valence-corrected chi connectivity index (χ2v) is 1.44. The maximum absolute atomic E-state index is 10.1. The first-order valence-corrected chi connectivity index (χ1v) is 2.11. The second-order valence-electron chi connectivity index (χ2n) is 1.44. The standard InChI is InChI=1S/C5H6O3.Zr/c1-3(6)5(8)4(2)7;/h1-2H3;. The molecule has 3 nitrogen and oxygen atoms in total. The van der Waals surface area contributed by atoms with E-state index in [-0.39, 0.29) is 26.2 Å². The second kappa shape index (κ2) is 4.74. The van der Waals surface area contributed by atoms with E-state index >= 15 is 0 Å². The molecule has 0 rings (SSSR count). The van der Waals surface area contributed by atoms with Gasteiger partial charge in [0.05, 0.1) is 0 Å². The van der Waals surface area contributed by atoms with E-state index < -0.39 is 17.3 Å². The van der Waals surface area contributed by atoms with Crippen LogP contribution in [0.1, 0.15) is 13.8 Å². The molecule has 0 atom stereocenters. The van der Waals surface area contributed by atoms with Crippen molar-refractivity contribution < 1.29 is 40.6 Å². The van der Waals surface area contributed by atoms with Gasteiger partial charge in [-0.15, -0.1) is 0 Å². The zero-order valence-corrected chi connectivity index (χ0v) is 7.68. The van der Waals surface area contributed by atoms with Crippen molar-refractivity contribution >= 4 is 17.3 Å². The summed E-state index contributed by atoms with van der Waals surface area (Å²) < 4.78 is 0. The molecule has 0 aliphatic carbocycles. The number of carbonyl (C=O) groups is 3. The summed E-state index contributed by atoms with van der Waals surface area (Å²) >= 11 is 0. The number of carbonyl (C=O) groups excluding carboxylic acids is 3. The van der Waals surface area contributed by atoms with E-state index in [1.54, 1.807) is 0 Å². The molecule has 0 aliphatic heterocycles. The zero-order chi connectivity index (χ0) is 6.73. The number of hydrogen-bond acceptors (Lipinski definition) is 3. The summed E-state index contributed by atoms with van der Waals surface area (Å²) in [5.41, 5.74) is 0. The summed E-state index contributed by atoms with van der Waals surface area (Å²) in [5.74, 6) is -2.32. The van der Waals surface area contributed by atoms with Crippen molar-refractivity contribution in [3.8, 4) is 0 Å². The zero-order valence-electron chi connectivity index (χ0n) is 5.22. The van der Waals surface area contributed by atoms with E-state index in [9.17, 15) is 14.4 Å². The van der Waals surface area contributed by atoms with E-state index in [2.05, 4.69) is 0 Å². The van der Waals surface area contributed by atoms with Crippen LogP contribution in [0.4, 0.5) is 0 Å². The van der Waals surface area contributed by atoms with E-state index in [1.807, 2.05) is 0 Å². The Morgan fingerprint density at radius 1 is 0.889 bits per heavy atom. The van der Waals surface area contributed by atoms with Crippen molar-refractivity contribution in [2.45, 2.75) is 13.8 Å². The molecule has 4 heteroatoms. The van der Waals surface area contributed by atoms with Crippen molar-refractivity contribution in [3.05, 3.63) is 0 Å². The predicted molar refractivity (Wildman–Crippen MR) is 26.4 cm³/mol. The van der Waals surface area contributed by atoms with Gasteiger partial charge in [-0.25, -0.2) is 0 Å². The fourth-order valence-corrected chi connectivity index (χ4v) is 0.248. The van der Waals surface area contributed by atoms with Crippen molar-refractivity contribution in [2.24, 2.45) is 0 Å². The molecular weight excluding hydrogens is 199 g/mol. The van der Waals surface area contributed by atoms with Crippen LogP contribution in [0.25, 0.3) is 0 Å². The molecular formula is C5H6O3Zr. The molecule has 0 amide bonds. The summed E-state index contributed by atoms with van der Waals surface area (Å²) in [6, 6.07) is 0. The molecule has 0 aromatic carbocycles. The molecule has 0 aliphatic rings. The van der Waals surface area contributed by atoms with Gasteiger partial charge < -0.3 is 0 Å². The number of Topliss-reactive ketones (excluding diaryl/α,β-unsaturated/α-hetero) is 3. The monoisotopic (exact) mass is 204 g/mol. The van der Waals surface area contributed by atoms with Crippen molar-refractivity contribution in [1.29, 1.82) is 0 Å². The van der Waals surface area contributed by atoms with Gasteiger partial charge in [-0.3, -0.25) is 14.4 Å². The van der Waals surface area contributed by atoms with Gasteiger partial charge in [-0.2, -0.15) is 0 Å². The molecule has 9 heavy (non-hydrogen) atoms. The van der Waals surface area contributed by atoms with Gasteiger partial charge in [0.2, 0.25) is 11.6 Å². The molecule has 0 spiro atoms. The molecule has 0 aromatic heterocycles. The van der Waals surface area contributed by atoms with Crippen LogP contribution in [0.15, 0.2) is 0 Å². The first kappa shape index (κ1) is 11.7. The molecule has 0 saturated heterocycles. The Kier molecular flexibility index (Phi) is 6.14. The van der Waals surface area contributed by atoms with Crippen LogP contribution in [0.3, 0.4) is 0 Å². The summed E-state index contributed by atoms with van der Waals surface area (Å²) in [4.78, 5) is 30.2. The van der Waals surface area contributed by atoms with Crippen LogP contribution in [0, 0.1) is 0 Å². The van der Waals surface area contributed by atoms with Gasteiger partial charge in [0.15, 0.2) is 0 Å². The van der Waals surface area contributed by atoms with E-state index in [4.69, 9.17) is 0 Å². The van der Waals surface area contributed by atoms with Crippen molar-refractivity contribution in [3.63, 3.8) is 0 Å². The third-order valence-corrected chi connectivity index (χ3v) is 0.640. The Hall–Kier alpha value is -0.107. The largest absolute Gasteiger partial charge is 0.291 e. The molecule has 0 unspecified atom stereocenters. The van der Waals surface area contributed by atoms with Crippen LogP contribution >= 0.6 is 0 Å². The Labute approximate surface area is 71.9 Å². The Balaban J connectivity index is 0. The van der Waals surface area contributed by atoms with Gasteiger partial charge in [0, 0.05) is 40.1 Å². The van der Waals surface area contributed by atoms with Crippen LogP contribution in [0.2, 0.25) is 0 Å². The summed E-state index contributed by atoms with van der Waals surface area (Å²) in [6.45, 7) is 2.15. The van der Waals surface area contributed by atoms with Crippen LogP contribution < -0.4 is 0 Å². The fourth-order valence-electron chi connectivity index (χ4n) is 0.248. The summed E-state index contributed by atoms with van der Waals surface area (Å²) in [7, 11) is 0. The summed E-state index contributed by atoms with van der Waals surface area (Å²) in [5, 5.41) is 0. The minimum Gasteiger partial charge on any atom is -0.291 e. The van der Waals surface area contributed by atoms with Crippen molar-refractivity contribution in [1.82, 2.24) is 0 Å². The SMILES string of the molecule is CC(=O)C(=O)C(C)=O.[Zr]. The van der Waals surface area contributed by atoms with Crippen molar-refractivity contribution in [2.75, 3.05) is 0 Å². The quantitative estimate of drug-likeness (QED) is 0.461. The third-order valence-electron chi connectivity index (χ3n) is 0.640. The smallest absolute Gasteiger partial charge is 0.263 e. The minimum atomic E-state index is -0.926. The molecule has 0 heterocycles. The van der Waals surface area contributed by atoms with Gasteiger partial charge in [0.25, 0.3) is 5.78 Å².